The molecule has 2 N–H and O–H groups in total. The van der Waals surface area contributed by atoms with Crippen LogP contribution >= 0.6 is 0 Å². The van der Waals surface area contributed by atoms with E-state index in [9.17, 15) is 9.59 Å². The number of carbonyl (C=O) groups excluding carboxylic acids is 2. The van der Waals surface area contributed by atoms with Gasteiger partial charge in [-0.2, -0.15) is 0 Å². The van der Waals surface area contributed by atoms with Crippen LogP contribution in [-0.4, -0.2) is 77.4 Å². The highest BCUT2D eigenvalue weighted by atomic mass is 28.3. The second-order valence-corrected chi connectivity index (χ2v) is 17.2. The summed E-state index contributed by atoms with van der Waals surface area (Å²) in [6, 6.07) is 1.08. The minimum Gasteiger partial charge on any atom is -0.444 e. The Morgan fingerprint density at radius 2 is 2.00 bits per heavy atom. The molecule has 1 fully saturated rings. The Balaban J connectivity index is 1.76. The molecule has 0 saturated carbocycles. The Kier molecular flexibility index (Phi) is 8.99. The van der Waals surface area contributed by atoms with Gasteiger partial charge in [-0.25, -0.2) is 14.8 Å². The number of nitrogens with zero attached hydrogens (tertiary/aromatic N) is 4. The third kappa shape index (κ3) is 7.92. The summed E-state index contributed by atoms with van der Waals surface area (Å²) in [6.45, 7) is 17.1. The van der Waals surface area contributed by atoms with Gasteiger partial charge in [0.05, 0.1) is 11.8 Å². The molecule has 3 heterocycles. The Morgan fingerprint density at radius 3 is 2.67 bits per heavy atom. The van der Waals surface area contributed by atoms with Crippen molar-refractivity contribution >= 4 is 37.1 Å². The Morgan fingerprint density at radius 1 is 1.25 bits per heavy atom. The summed E-state index contributed by atoms with van der Waals surface area (Å²) in [7, 11) is -1.19. The third-order valence-electron chi connectivity index (χ3n) is 5.80. The summed E-state index contributed by atoms with van der Waals surface area (Å²) in [5.41, 5.74) is 1.07. The molecule has 11 heteroatoms. The lowest BCUT2D eigenvalue weighted by molar-refractivity contribution is 0.0206. The first-order valence-corrected chi connectivity index (χ1v) is 16.5. The number of amides is 2. The van der Waals surface area contributed by atoms with Crippen molar-refractivity contribution < 1.29 is 19.1 Å². The van der Waals surface area contributed by atoms with Crippen molar-refractivity contribution in [1.29, 1.82) is 0 Å². The van der Waals surface area contributed by atoms with Gasteiger partial charge < -0.3 is 29.6 Å². The van der Waals surface area contributed by atoms with Crippen LogP contribution in [0.3, 0.4) is 0 Å². The van der Waals surface area contributed by atoms with Crippen LogP contribution in [-0.2, 0) is 16.2 Å². The molecule has 36 heavy (non-hydrogen) atoms. The average Bonchev–Trinajstić information content (AvgIpc) is 3.13. The summed E-state index contributed by atoms with van der Waals surface area (Å²) in [6.07, 6.45) is 4.89. The van der Waals surface area contributed by atoms with Crippen LogP contribution in [0.4, 0.5) is 10.6 Å². The lowest BCUT2D eigenvalue weighted by Crippen LogP contribution is -2.47. The number of aromatic nitrogens is 3. The van der Waals surface area contributed by atoms with E-state index in [4.69, 9.17) is 14.5 Å². The molecule has 0 radical (unpaired) electrons. The molecule has 2 aromatic heterocycles. The van der Waals surface area contributed by atoms with E-state index >= 15 is 0 Å². The van der Waals surface area contributed by atoms with Gasteiger partial charge in [0, 0.05) is 46.6 Å². The summed E-state index contributed by atoms with van der Waals surface area (Å²) in [5, 5.41) is 6.26. The Labute approximate surface area is 215 Å². The van der Waals surface area contributed by atoms with Gasteiger partial charge in [-0.1, -0.05) is 19.6 Å². The van der Waals surface area contributed by atoms with E-state index in [1.807, 2.05) is 32.3 Å². The third-order valence-corrected chi connectivity index (χ3v) is 7.50. The van der Waals surface area contributed by atoms with Crippen molar-refractivity contribution in [3.05, 3.63) is 18.0 Å². The maximum absolute atomic E-state index is 12.8. The van der Waals surface area contributed by atoms with E-state index in [0.717, 1.165) is 18.9 Å². The molecule has 0 spiro atoms. The van der Waals surface area contributed by atoms with Crippen LogP contribution in [0, 0.1) is 0 Å². The topological polar surface area (TPSA) is 111 Å². The minimum atomic E-state index is -1.19. The molecule has 1 unspecified atom stereocenters. The number of nitrogens with one attached hydrogen (secondary N) is 2. The van der Waals surface area contributed by atoms with E-state index in [1.165, 1.54) is 0 Å². The smallest absolute Gasteiger partial charge is 0.410 e. The zero-order chi connectivity index (χ0) is 26.5. The van der Waals surface area contributed by atoms with Gasteiger partial charge in [-0.3, -0.25) is 4.79 Å². The predicted molar refractivity (Wildman–Crippen MR) is 144 cm³/mol. The summed E-state index contributed by atoms with van der Waals surface area (Å²) in [5.74, 6) is 0.380. The monoisotopic (exact) mass is 518 g/mol. The van der Waals surface area contributed by atoms with Crippen LogP contribution in [0.15, 0.2) is 12.4 Å². The number of carbonyl (C=O) groups is 2. The fourth-order valence-corrected chi connectivity index (χ4v) is 4.74. The average molecular weight is 519 g/mol. The van der Waals surface area contributed by atoms with Gasteiger partial charge in [0.2, 0.25) is 0 Å². The van der Waals surface area contributed by atoms with Gasteiger partial charge in [0.1, 0.15) is 23.7 Å². The molecule has 1 aliphatic heterocycles. The predicted octanol–water partition coefficient (Wildman–Crippen LogP) is 4.30. The van der Waals surface area contributed by atoms with E-state index in [-0.39, 0.29) is 18.0 Å². The molecule has 2 aromatic rings. The molecule has 0 aliphatic carbocycles. The molecular weight excluding hydrogens is 476 g/mol. The van der Waals surface area contributed by atoms with Crippen LogP contribution < -0.4 is 10.6 Å². The largest absolute Gasteiger partial charge is 0.444 e. The molecule has 3 rings (SSSR count). The van der Waals surface area contributed by atoms with E-state index in [1.54, 1.807) is 17.3 Å². The highest BCUT2D eigenvalue weighted by molar-refractivity contribution is 6.76. The van der Waals surface area contributed by atoms with Gasteiger partial charge in [-0.05, 0) is 46.6 Å². The molecule has 200 valence electrons. The number of fused-ring (bicyclic) bond motifs is 1. The van der Waals surface area contributed by atoms with Crippen molar-refractivity contribution in [2.75, 3.05) is 31.6 Å². The first-order valence-electron chi connectivity index (χ1n) is 12.8. The summed E-state index contributed by atoms with van der Waals surface area (Å²) in [4.78, 5) is 36.4. The zero-order valence-electron chi connectivity index (χ0n) is 22.8. The molecule has 1 saturated heterocycles. The van der Waals surface area contributed by atoms with Crippen molar-refractivity contribution in [2.45, 2.75) is 84.6 Å². The highest BCUT2D eigenvalue weighted by Crippen LogP contribution is 2.22. The normalized spacial score (nSPS) is 16.8. The zero-order valence-corrected chi connectivity index (χ0v) is 23.8. The van der Waals surface area contributed by atoms with Crippen molar-refractivity contribution in [3.8, 4) is 0 Å². The maximum atomic E-state index is 12.8. The number of ether oxygens (including phenoxy) is 2. The number of likely N-dealkylation sites (tertiary alicyclic amines) is 1. The first kappa shape index (κ1) is 27.9. The van der Waals surface area contributed by atoms with E-state index < -0.39 is 13.7 Å². The number of piperidine rings is 1. The van der Waals surface area contributed by atoms with Crippen LogP contribution in [0.2, 0.25) is 25.7 Å². The fourth-order valence-electron chi connectivity index (χ4n) is 3.98. The SMILES string of the molecule is CCNC(=O)c1cn(COCC[Si](C)(C)C)c2ncc(NC3CCCN(C(=O)OC(C)(C)C)C3)nc12. The molecule has 1 atom stereocenters. The van der Waals surface area contributed by atoms with E-state index in [2.05, 4.69) is 35.3 Å². The molecule has 0 bridgehead atoms. The molecular formula is C25H42N6O4Si. The quantitative estimate of drug-likeness (QED) is 0.376. The van der Waals surface area contributed by atoms with E-state index in [0.29, 0.717) is 55.5 Å². The number of anilines is 1. The Hall–Kier alpha value is -2.66. The van der Waals surface area contributed by atoms with Crippen LogP contribution in [0.25, 0.3) is 11.2 Å². The lowest BCUT2D eigenvalue weighted by Gasteiger charge is -2.34. The highest BCUT2D eigenvalue weighted by Gasteiger charge is 2.28. The maximum Gasteiger partial charge on any atom is 0.410 e. The molecule has 2 amide bonds. The van der Waals surface area contributed by atoms with Crippen molar-refractivity contribution in [1.82, 2.24) is 24.8 Å². The van der Waals surface area contributed by atoms with Gasteiger partial charge in [0.15, 0.2) is 5.65 Å². The second-order valence-electron chi connectivity index (χ2n) is 11.6. The Bertz CT molecular complexity index is 1060. The standard InChI is InChI=1S/C25H42N6O4Si/c1-8-26-23(32)19-16-31(17-34-12-13-36(5,6)7)22-21(19)29-20(14-27-22)28-18-10-9-11-30(15-18)24(33)35-25(2,3)4/h14,16,18H,8-13,15,17H2,1-7H3,(H,26,32)(H,28,29). The summed E-state index contributed by atoms with van der Waals surface area (Å²) >= 11 is 0. The van der Waals surface area contributed by atoms with Crippen LogP contribution in [0.5, 0.6) is 0 Å². The summed E-state index contributed by atoms with van der Waals surface area (Å²) < 4.78 is 13.3. The molecule has 0 aromatic carbocycles. The van der Waals surface area contributed by atoms with Gasteiger partial charge in [0.25, 0.3) is 5.91 Å². The van der Waals surface area contributed by atoms with Crippen LogP contribution in [0.1, 0.15) is 50.9 Å². The first-order chi connectivity index (χ1) is 16.9. The minimum absolute atomic E-state index is 0.0120. The number of hydrogen-bond donors (Lipinski definition) is 2. The van der Waals surface area contributed by atoms with Crippen molar-refractivity contribution in [3.63, 3.8) is 0 Å². The van der Waals surface area contributed by atoms with Gasteiger partial charge >= 0.3 is 6.09 Å². The van der Waals surface area contributed by atoms with Gasteiger partial charge in [-0.15, -0.1) is 0 Å². The van der Waals surface area contributed by atoms with Crippen molar-refractivity contribution in [2.24, 2.45) is 0 Å². The molecule has 10 nitrogen and oxygen atoms in total. The number of hydrogen-bond acceptors (Lipinski definition) is 7. The number of rotatable bonds is 9. The fraction of sp³-hybridized carbons (Fsp3) is 0.680. The lowest BCUT2D eigenvalue weighted by atomic mass is 10.1. The molecule has 1 aliphatic rings. The second kappa shape index (κ2) is 11.6.